The maximum absolute atomic E-state index is 5.15. The second kappa shape index (κ2) is 5.42. The normalized spacial score (nSPS) is 14.5. The summed E-state index contributed by atoms with van der Waals surface area (Å²) in [5.74, 6) is 0. The molecule has 0 saturated heterocycles. The van der Waals surface area contributed by atoms with Crippen molar-refractivity contribution in [2.45, 2.75) is 33.1 Å². The van der Waals surface area contributed by atoms with Crippen molar-refractivity contribution in [2.24, 2.45) is 0 Å². The van der Waals surface area contributed by atoms with E-state index >= 15 is 0 Å². The summed E-state index contributed by atoms with van der Waals surface area (Å²) in [6, 6.07) is 22.4. The molecule has 2 aromatic heterocycles. The largest absolute Gasteiger partial charge is 0.256 e. The Hall–Kier alpha value is -3.26. The Morgan fingerprint density at radius 3 is 1.38 bits per heavy atom. The van der Waals surface area contributed by atoms with Crippen molar-refractivity contribution >= 4 is 0 Å². The van der Waals surface area contributed by atoms with Crippen LogP contribution >= 0.6 is 0 Å². The third-order valence-electron chi connectivity index (χ3n) is 6.52. The van der Waals surface area contributed by atoms with Crippen molar-refractivity contribution in [3.63, 3.8) is 0 Å². The lowest BCUT2D eigenvalue weighted by Crippen LogP contribution is -2.28. The molecular formula is C27H22N2. The third-order valence-corrected chi connectivity index (χ3v) is 6.52. The fraction of sp³-hybridized carbons (Fsp3) is 0.185. The molecular weight excluding hydrogens is 352 g/mol. The molecule has 0 saturated carbocycles. The molecule has 0 bridgehead atoms. The number of benzene rings is 2. The van der Waals surface area contributed by atoms with Crippen LogP contribution in [-0.4, -0.2) is 9.97 Å². The molecule has 0 unspecified atom stereocenters. The minimum Gasteiger partial charge on any atom is -0.256 e. The summed E-state index contributed by atoms with van der Waals surface area (Å²) in [5.41, 5.74) is 14.1. The summed E-state index contributed by atoms with van der Waals surface area (Å²) in [6.45, 7) is 8.51. The minimum atomic E-state index is -0.439. The summed E-state index contributed by atoms with van der Waals surface area (Å²) in [5, 5.41) is 0. The van der Waals surface area contributed by atoms with Gasteiger partial charge in [-0.1, -0.05) is 59.7 Å². The molecule has 6 rings (SSSR count). The van der Waals surface area contributed by atoms with Gasteiger partial charge in [-0.2, -0.15) is 0 Å². The second-order valence-corrected chi connectivity index (χ2v) is 8.55. The molecule has 140 valence electrons. The first kappa shape index (κ1) is 16.7. The standard InChI is InChI=1S/C27H22N2/c1-15-5-9-19-20-10-6-16(2)14-24(20)27(23(19)13-15)25-21(11-7-17(3)28-25)22-12-8-18(4)29-26(22)27/h5-14H,1-4H3. The summed E-state index contributed by atoms with van der Waals surface area (Å²) < 4.78 is 0. The molecule has 2 nitrogen and oxygen atoms in total. The zero-order valence-electron chi connectivity index (χ0n) is 17.2. The Morgan fingerprint density at radius 2 is 0.931 bits per heavy atom. The predicted octanol–water partition coefficient (Wildman–Crippen LogP) is 6.05. The number of aryl methyl sites for hydroxylation is 4. The molecule has 2 heterocycles. The zero-order chi connectivity index (χ0) is 19.9. The highest BCUT2D eigenvalue weighted by atomic mass is 14.8. The van der Waals surface area contributed by atoms with Crippen LogP contribution in [-0.2, 0) is 5.41 Å². The van der Waals surface area contributed by atoms with Gasteiger partial charge in [0.2, 0.25) is 0 Å². The van der Waals surface area contributed by atoms with Gasteiger partial charge in [0, 0.05) is 22.5 Å². The van der Waals surface area contributed by atoms with Crippen LogP contribution in [0.25, 0.3) is 22.3 Å². The molecule has 0 aliphatic heterocycles. The Balaban J connectivity index is 1.88. The molecule has 4 aromatic rings. The Kier molecular flexibility index (Phi) is 3.11. The van der Waals surface area contributed by atoms with Crippen molar-refractivity contribution in [2.75, 3.05) is 0 Å². The van der Waals surface area contributed by atoms with Crippen molar-refractivity contribution in [3.05, 3.63) is 106 Å². The second-order valence-electron chi connectivity index (χ2n) is 8.55. The van der Waals surface area contributed by atoms with E-state index in [4.69, 9.17) is 9.97 Å². The van der Waals surface area contributed by atoms with E-state index in [1.807, 2.05) is 0 Å². The smallest absolute Gasteiger partial charge is 0.107 e. The maximum Gasteiger partial charge on any atom is 0.107 e. The van der Waals surface area contributed by atoms with Crippen LogP contribution in [0.4, 0.5) is 0 Å². The van der Waals surface area contributed by atoms with Gasteiger partial charge in [0.05, 0.1) is 11.4 Å². The molecule has 0 N–H and O–H groups in total. The van der Waals surface area contributed by atoms with Gasteiger partial charge < -0.3 is 0 Å². The van der Waals surface area contributed by atoms with E-state index in [1.54, 1.807) is 0 Å². The van der Waals surface area contributed by atoms with Crippen LogP contribution < -0.4 is 0 Å². The van der Waals surface area contributed by atoms with Crippen molar-refractivity contribution in [1.29, 1.82) is 0 Å². The van der Waals surface area contributed by atoms with E-state index in [-0.39, 0.29) is 0 Å². The van der Waals surface area contributed by atoms with Crippen LogP contribution in [0.15, 0.2) is 60.7 Å². The van der Waals surface area contributed by atoms with Crippen molar-refractivity contribution in [3.8, 4) is 22.3 Å². The molecule has 2 aliphatic carbocycles. The average Bonchev–Trinajstić information content (AvgIpc) is 3.13. The van der Waals surface area contributed by atoms with Gasteiger partial charge in [0.1, 0.15) is 5.41 Å². The van der Waals surface area contributed by atoms with E-state index in [1.165, 1.54) is 44.5 Å². The number of rotatable bonds is 0. The first-order valence-corrected chi connectivity index (χ1v) is 10.2. The topological polar surface area (TPSA) is 25.8 Å². The first-order valence-electron chi connectivity index (χ1n) is 10.2. The van der Waals surface area contributed by atoms with Gasteiger partial charge in [-0.3, -0.25) is 9.97 Å². The molecule has 1 spiro atoms. The molecule has 0 radical (unpaired) electrons. The van der Waals surface area contributed by atoms with Gasteiger partial charge in [-0.05, 0) is 62.1 Å². The number of fused-ring (bicyclic) bond motifs is 10. The fourth-order valence-electron chi connectivity index (χ4n) is 5.29. The van der Waals surface area contributed by atoms with Crippen LogP contribution in [0, 0.1) is 27.7 Å². The van der Waals surface area contributed by atoms with E-state index in [9.17, 15) is 0 Å². The predicted molar refractivity (Wildman–Crippen MR) is 117 cm³/mol. The molecule has 0 atom stereocenters. The van der Waals surface area contributed by atoms with Gasteiger partial charge in [0.25, 0.3) is 0 Å². The number of pyridine rings is 2. The zero-order valence-corrected chi connectivity index (χ0v) is 17.2. The molecule has 2 heteroatoms. The van der Waals surface area contributed by atoms with Gasteiger partial charge >= 0.3 is 0 Å². The highest BCUT2D eigenvalue weighted by molar-refractivity contribution is 5.93. The van der Waals surface area contributed by atoms with Crippen LogP contribution in [0.2, 0.25) is 0 Å². The van der Waals surface area contributed by atoms with Gasteiger partial charge in [-0.25, -0.2) is 0 Å². The van der Waals surface area contributed by atoms with Gasteiger partial charge in [-0.15, -0.1) is 0 Å². The SMILES string of the molecule is Cc1ccc2c(c1)C1(c3cc(C)ccc3-2)c2nc(C)ccc2-c2ccc(C)nc21. The summed E-state index contributed by atoms with van der Waals surface area (Å²) in [7, 11) is 0. The maximum atomic E-state index is 5.15. The lowest BCUT2D eigenvalue weighted by molar-refractivity contribution is 0.723. The summed E-state index contributed by atoms with van der Waals surface area (Å²) >= 11 is 0. The van der Waals surface area contributed by atoms with Crippen LogP contribution in [0.5, 0.6) is 0 Å². The molecule has 29 heavy (non-hydrogen) atoms. The molecule has 2 aliphatic rings. The first-order chi connectivity index (χ1) is 14.0. The Labute approximate surface area is 171 Å². The van der Waals surface area contributed by atoms with Crippen molar-refractivity contribution in [1.82, 2.24) is 9.97 Å². The fourth-order valence-corrected chi connectivity index (χ4v) is 5.29. The number of nitrogens with zero attached hydrogens (tertiary/aromatic N) is 2. The lowest BCUT2D eigenvalue weighted by Gasteiger charge is -2.29. The van der Waals surface area contributed by atoms with Crippen molar-refractivity contribution < 1.29 is 0 Å². The molecule has 2 aromatic carbocycles. The van der Waals surface area contributed by atoms with E-state index < -0.39 is 5.41 Å². The highest BCUT2D eigenvalue weighted by Gasteiger charge is 2.54. The lowest BCUT2D eigenvalue weighted by atomic mass is 9.74. The summed E-state index contributed by atoms with van der Waals surface area (Å²) in [4.78, 5) is 10.3. The van der Waals surface area contributed by atoms with E-state index in [2.05, 4.69) is 88.4 Å². The van der Waals surface area contributed by atoms with E-state index in [0.29, 0.717) is 0 Å². The quantitative estimate of drug-likeness (QED) is 0.323. The average molecular weight is 374 g/mol. The third kappa shape index (κ3) is 1.96. The monoisotopic (exact) mass is 374 g/mol. The van der Waals surface area contributed by atoms with Crippen LogP contribution in [0.3, 0.4) is 0 Å². The van der Waals surface area contributed by atoms with Crippen LogP contribution in [0.1, 0.15) is 45.0 Å². The van der Waals surface area contributed by atoms with E-state index in [0.717, 1.165) is 22.8 Å². The molecule has 0 amide bonds. The summed E-state index contributed by atoms with van der Waals surface area (Å²) in [6.07, 6.45) is 0. The number of hydrogen-bond donors (Lipinski definition) is 0. The highest BCUT2D eigenvalue weighted by Crippen LogP contribution is 2.61. The van der Waals surface area contributed by atoms with Gasteiger partial charge in [0.15, 0.2) is 0 Å². The molecule has 0 fully saturated rings. The Bertz CT molecular complexity index is 1140. The number of aromatic nitrogens is 2. The minimum absolute atomic E-state index is 0.439. The number of hydrogen-bond acceptors (Lipinski definition) is 2. The Morgan fingerprint density at radius 1 is 0.517 bits per heavy atom.